The Bertz CT molecular complexity index is 1190. The summed E-state index contributed by atoms with van der Waals surface area (Å²) in [6.45, 7) is 0. The van der Waals surface area contributed by atoms with Crippen LogP contribution in [0.15, 0.2) is 60.7 Å². The fourth-order valence-corrected chi connectivity index (χ4v) is 4.46. The zero-order valence-electron chi connectivity index (χ0n) is 17.2. The van der Waals surface area contributed by atoms with Crippen LogP contribution in [-0.4, -0.2) is 31.0 Å². The molecule has 0 saturated carbocycles. The highest BCUT2D eigenvalue weighted by Gasteiger charge is 2.55. The minimum Gasteiger partial charge on any atom is -0.497 e. The van der Waals surface area contributed by atoms with Crippen LogP contribution in [0.5, 0.6) is 11.5 Å². The summed E-state index contributed by atoms with van der Waals surface area (Å²) in [7, 11) is 3.04. The maximum Gasteiger partial charge on any atom is 0.262 e. The van der Waals surface area contributed by atoms with E-state index in [-0.39, 0.29) is 21.3 Å². The van der Waals surface area contributed by atoms with Gasteiger partial charge in [0, 0.05) is 16.1 Å². The number of benzene rings is 3. The lowest BCUT2D eigenvalue weighted by Crippen LogP contribution is -2.44. The van der Waals surface area contributed by atoms with Crippen molar-refractivity contribution in [3.05, 3.63) is 87.4 Å². The van der Waals surface area contributed by atoms with Gasteiger partial charge in [-0.05, 0) is 54.1 Å². The van der Waals surface area contributed by atoms with Crippen molar-refractivity contribution in [2.24, 2.45) is 0 Å². The Labute approximate surface area is 194 Å². The number of anilines is 1. The zero-order chi connectivity index (χ0) is 23.0. The minimum absolute atomic E-state index is 0.141. The molecule has 1 aliphatic heterocycles. The number of hydrogen-bond donors (Lipinski definition) is 2. The summed E-state index contributed by atoms with van der Waals surface area (Å²) in [5, 5.41) is 14.8. The molecule has 0 bridgehead atoms. The summed E-state index contributed by atoms with van der Waals surface area (Å²) >= 11 is 12.4. The second kappa shape index (κ2) is 8.47. The van der Waals surface area contributed by atoms with Gasteiger partial charge in [0.1, 0.15) is 11.5 Å². The Kier molecular flexibility index (Phi) is 5.86. The van der Waals surface area contributed by atoms with E-state index in [1.807, 2.05) is 0 Å². The minimum atomic E-state index is -2.24. The average Bonchev–Trinajstić information content (AvgIpc) is 3.05. The second-order valence-electron chi connectivity index (χ2n) is 7.33. The third kappa shape index (κ3) is 3.60. The van der Waals surface area contributed by atoms with Crippen molar-refractivity contribution in [3.8, 4) is 11.5 Å². The van der Waals surface area contributed by atoms with Gasteiger partial charge in [-0.2, -0.15) is 0 Å². The second-order valence-corrected chi connectivity index (χ2v) is 8.17. The van der Waals surface area contributed by atoms with Crippen molar-refractivity contribution in [1.82, 2.24) is 0 Å². The molecule has 1 heterocycles. The van der Waals surface area contributed by atoms with Gasteiger partial charge in [-0.15, -0.1) is 0 Å². The van der Waals surface area contributed by atoms with Crippen LogP contribution in [0.4, 0.5) is 5.69 Å². The van der Waals surface area contributed by atoms with Crippen molar-refractivity contribution in [2.75, 3.05) is 19.5 Å². The van der Waals surface area contributed by atoms with E-state index < -0.39 is 23.2 Å². The molecule has 0 aliphatic carbocycles. The lowest BCUT2D eigenvalue weighted by molar-refractivity contribution is -0.135. The molecule has 0 saturated heterocycles. The van der Waals surface area contributed by atoms with Crippen LogP contribution in [0.3, 0.4) is 0 Å². The maximum atomic E-state index is 13.7. The van der Waals surface area contributed by atoms with E-state index in [1.165, 1.54) is 26.4 Å². The lowest BCUT2D eigenvalue weighted by atomic mass is 9.74. The van der Waals surface area contributed by atoms with E-state index in [4.69, 9.17) is 32.7 Å². The Morgan fingerprint density at radius 3 is 2.09 bits per heavy atom. The van der Waals surface area contributed by atoms with E-state index in [0.717, 1.165) is 0 Å². The van der Waals surface area contributed by atoms with Gasteiger partial charge in [-0.3, -0.25) is 9.59 Å². The number of ketones is 1. The molecule has 1 aliphatic rings. The Morgan fingerprint density at radius 2 is 1.53 bits per heavy atom. The van der Waals surface area contributed by atoms with Crippen molar-refractivity contribution in [2.45, 2.75) is 11.5 Å². The largest absolute Gasteiger partial charge is 0.497 e. The third-order valence-electron chi connectivity index (χ3n) is 5.55. The number of hydrogen-bond acceptors (Lipinski definition) is 5. The van der Waals surface area contributed by atoms with E-state index >= 15 is 0 Å². The van der Waals surface area contributed by atoms with Crippen LogP contribution in [0, 0.1) is 0 Å². The quantitative estimate of drug-likeness (QED) is 0.503. The van der Waals surface area contributed by atoms with Gasteiger partial charge in [0.25, 0.3) is 5.91 Å². The number of carbonyl (C=O) groups excluding carboxylic acids is 2. The van der Waals surface area contributed by atoms with Gasteiger partial charge in [0.15, 0.2) is 11.4 Å². The van der Waals surface area contributed by atoms with Crippen LogP contribution in [0.1, 0.15) is 27.4 Å². The number of fused-ring (bicyclic) bond motifs is 1. The number of Topliss-reactive ketones (excluding diaryl/α,β-unsaturated/α-hetero) is 1. The predicted molar refractivity (Wildman–Crippen MR) is 122 cm³/mol. The van der Waals surface area contributed by atoms with Crippen molar-refractivity contribution in [1.29, 1.82) is 0 Å². The standard InChI is InChI=1S/C24H19Cl2NO5/c1-31-16-7-3-13(4-8-16)20(22(28)14-5-9-17(32-2)10-6-14)24(30)18-11-15(25)12-19(26)21(18)27-23(24)29/h3-12,20,30H,1-2H3,(H,27,29)/t20-,24-/m0/s1. The summed E-state index contributed by atoms with van der Waals surface area (Å²) in [5.74, 6) is -1.36. The molecule has 2 atom stereocenters. The molecule has 0 spiro atoms. The summed E-state index contributed by atoms with van der Waals surface area (Å²) in [6.07, 6.45) is 0. The molecule has 8 heteroatoms. The van der Waals surface area contributed by atoms with Gasteiger partial charge >= 0.3 is 0 Å². The Hall–Kier alpha value is -3.06. The average molecular weight is 472 g/mol. The first-order valence-corrected chi connectivity index (χ1v) is 10.4. The molecule has 0 radical (unpaired) electrons. The van der Waals surface area contributed by atoms with E-state index in [9.17, 15) is 14.7 Å². The number of amides is 1. The highest BCUT2D eigenvalue weighted by atomic mass is 35.5. The monoisotopic (exact) mass is 471 g/mol. The first-order chi connectivity index (χ1) is 15.3. The molecule has 32 heavy (non-hydrogen) atoms. The SMILES string of the molecule is COc1ccc(C(=O)[C@H](c2ccc(OC)cc2)[C@]2(O)C(=O)Nc3c(Cl)cc(Cl)cc32)cc1. The van der Waals surface area contributed by atoms with Crippen molar-refractivity contribution < 1.29 is 24.2 Å². The van der Waals surface area contributed by atoms with Crippen molar-refractivity contribution in [3.63, 3.8) is 0 Å². The highest BCUT2D eigenvalue weighted by molar-refractivity contribution is 6.38. The van der Waals surface area contributed by atoms with Gasteiger partial charge in [0.05, 0.1) is 30.8 Å². The highest BCUT2D eigenvalue weighted by Crippen LogP contribution is 2.50. The van der Waals surface area contributed by atoms with Crippen LogP contribution >= 0.6 is 23.2 Å². The number of aliphatic hydroxyl groups is 1. The molecule has 3 aromatic rings. The predicted octanol–water partition coefficient (Wildman–Crippen LogP) is 4.82. The molecule has 0 aromatic heterocycles. The number of halogens is 2. The first-order valence-electron chi connectivity index (χ1n) is 9.65. The Balaban J connectivity index is 1.91. The molecule has 164 valence electrons. The molecule has 0 fully saturated rings. The van der Waals surface area contributed by atoms with E-state index in [0.29, 0.717) is 22.6 Å². The van der Waals surface area contributed by atoms with Crippen LogP contribution in [-0.2, 0) is 10.4 Å². The third-order valence-corrected chi connectivity index (χ3v) is 6.07. The number of carbonyl (C=O) groups is 2. The van der Waals surface area contributed by atoms with E-state index in [1.54, 1.807) is 48.5 Å². The fourth-order valence-electron chi connectivity index (χ4n) is 3.92. The van der Waals surface area contributed by atoms with Gasteiger partial charge in [0.2, 0.25) is 0 Å². The van der Waals surface area contributed by atoms with Crippen LogP contribution in [0.2, 0.25) is 10.0 Å². The van der Waals surface area contributed by atoms with Gasteiger partial charge in [-0.1, -0.05) is 35.3 Å². The molecule has 4 rings (SSSR count). The fraction of sp³-hybridized carbons (Fsp3) is 0.167. The molecular formula is C24H19Cl2NO5. The zero-order valence-corrected chi connectivity index (χ0v) is 18.7. The number of nitrogens with one attached hydrogen (secondary N) is 1. The maximum absolute atomic E-state index is 13.7. The first kappa shape index (κ1) is 22.1. The summed E-state index contributed by atoms with van der Waals surface area (Å²) in [5.41, 5.74) is -1.15. The van der Waals surface area contributed by atoms with Crippen LogP contribution in [0.25, 0.3) is 0 Å². The summed E-state index contributed by atoms with van der Waals surface area (Å²) < 4.78 is 10.4. The number of methoxy groups -OCH3 is 2. The van der Waals surface area contributed by atoms with Crippen molar-refractivity contribution >= 4 is 40.6 Å². The number of ether oxygens (including phenoxy) is 2. The molecule has 2 N–H and O–H groups in total. The molecule has 1 amide bonds. The van der Waals surface area contributed by atoms with E-state index in [2.05, 4.69) is 5.32 Å². The van der Waals surface area contributed by atoms with Gasteiger partial charge in [-0.25, -0.2) is 0 Å². The normalized spacial score (nSPS) is 18.0. The van der Waals surface area contributed by atoms with Crippen LogP contribution < -0.4 is 14.8 Å². The van der Waals surface area contributed by atoms with Gasteiger partial charge < -0.3 is 19.9 Å². The topological polar surface area (TPSA) is 84.9 Å². The summed E-state index contributed by atoms with van der Waals surface area (Å²) in [4.78, 5) is 26.9. The molecule has 3 aromatic carbocycles. The molecule has 6 nitrogen and oxygen atoms in total. The smallest absolute Gasteiger partial charge is 0.262 e. The Morgan fingerprint density at radius 1 is 0.969 bits per heavy atom. The lowest BCUT2D eigenvalue weighted by Gasteiger charge is -2.31. The molecule has 0 unspecified atom stereocenters. The summed E-state index contributed by atoms with van der Waals surface area (Å²) in [6, 6.07) is 15.9. The molecular weight excluding hydrogens is 453 g/mol. The number of rotatable bonds is 6.